The van der Waals surface area contributed by atoms with E-state index in [0.717, 1.165) is 17.3 Å². The zero-order valence-corrected chi connectivity index (χ0v) is 15.3. The molecule has 0 aliphatic rings. The third-order valence-corrected chi connectivity index (χ3v) is 4.53. The van der Waals surface area contributed by atoms with E-state index in [1.54, 1.807) is 24.3 Å². The molecule has 0 aliphatic heterocycles. The van der Waals surface area contributed by atoms with Crippen LogP contribution in [0.2, 0.25) is 0 Å². The molecule has 0 aliphatic carbocycles. The van der Waals surface area contributed by atoms with Gasteiger partial charge >= 0.3 is 0 Å². The monoisotopic (exact) mass is 383 g/mol. The van der Waals surface area contributed by atoms with Gasteiger partial charge in [0.15, 0.2) is 5.82 Å². The smallest absolute Gasteiger partial charge is 0.153 e. The van der Waals surface area contributed by atoms with Gasteiger partial charge in [-0.1, -0.05) is 42.5 Å². The van der Waals surface area contributed by atoms with Crippen molar-refractivity contribution in [1.82, 2.24) is 9.97 Å². The van der Waals surface area contributed by atoms with Gasteiger partial charge in [0.1, 0.15) is 17.4 Å². The van der Waals surface area contributed by atoms with Gasteiger partial charge in [0.05, 0.1) is 17.1 Å². The molecule has 2 heterocycles. The minimum Gasteiger partial charge on any atom is -0.251 e. The molecule has 0 unspecified atom stereocenters. The molecule has 0 spiro atoms. The van der Waals surface area contributed by atoms with E-state index < -0.39 is 17.2 Å². The van der Waals surface area contributed by atoms with Crippen LogP contribution in [0.1, 0.15) is 16.8 Å². The fourth-order valence-corrected chi connectivity index (χ4v) is 3.11. The zero-order valence-electron chi connectivity index (χ0n) is 15.3. The van der Waals surface area contributed by atoms with Gasteiger partial charge in [-0.2, -0.15) is 5.26 Å². The van der Waals surface area contributed by atoms with E-state index >= 15 is 0 Å². The summed E-state index contributed by atoms with van der Waals surface area (Å²) in [5.41, 5.74) is 3.04. The molecule has 4 aromatic rings. The van der Waals surface area contributed by atoms with E-state index in [2.05, 4.69) is 9.97 Å². The Kier molecular flexibility index (Phi) is 5.08. The van der Waals surface area contributed by atoms with Gasteiger partial charge in [0.2, 0.25) is 0 Å². The maximum absolute atomic E-state index is 14.5. The summed E-state index contributed by atoms with van der Waals surface area (Å²) in [5, 5.41) is 8.99. The third-order valence-electron chi connectivity index (χ3n) is 4.53. The summed E-state index contributed by atoms with van der Waals surface area (Å²) < 4.78 is 28.2. The van der Waals surface area contributed by atoms with Crippen molar-refractivity contribution in [3.05, 3.63) is 107 Å². The van der Waals surface area contributed by atoms with Crippen LogP contribution in [0, 0.1) is 23.0 Å². The highest BCUT2D eigenvalue weighted by Crippen LogP contribution is 2.27. The number of rotatable bonds is 4. The summed E-state index contributed by atoms with van der Waals surface area (Å²) in [6.45, 7) is 0. The second-order valence-electron chi connectivity index (χ2n) is 6.48. The van der Waals surface area contributed by atoms with Crippen molar-refractivity contribution < 1.29 is 8.78 Å². The molecular formula is C24H15F2N3. The molecule has 4 rings (SSSR count). The van der Waals surface area contributed by atoms with Gasteiger partial charge in [-0.15, -0.1) is 0 Å². The van der Waals surface area contributed by atoms with Crippen molar-refractivity contribution in [1.29, 1.82) is 5.26 Å². The standard InChI is InChI=1S/C24H15F2N3/c25-20-13-12-18(24(26)19(20)15-27)21-9-5-11-23(29-21)22-10-4-8-17(28-22)14-16-6-2-1-3-7-16/h1-13H,14H2. The van der Waals surface area contributed by atoms with Gasteiger partial charge in [-0.3, -0.25) is 4.98 Å². The lowest BCUT2D eigenvalue weighted by molar-refractivity contribution is 0.579. The molecule has 0 bridgehead atoms. The lowest BCUT2D eigenvalue weighted by atomic mass is 10.1. The Bertz CT molecular complexity index is 1210. The molecule has 5 heteroatoms. The second-order valence-corrected chi connectivity index (χ2v) is 6.48. The van der Waals surface area contributed by atoms with Crippen LogP contribution in [-0.2, 0) is 6.42 Å². The highest BCUT2D eigenvalue weighted by molar-refractivity contribution is 5.66. The van der Waals surface area contributed by atoms with Crippen LogP contribution >= 0.6 is 0 Å². The first-order valence-electron chi connectivity index (χ1n) is 9.01. The molecule has 0 atom stereocenters. The quantitative estimate of drug-likeness (QED) is 0.464. The SMILES string of the molecule is N#Cc1c(F)ccc(-c2cccc(-c3cccc(Cc4ccccc4)n3)n2)c1F. The predicted octanol–water partition coefficient (Wildman–Crippen LogP) is 5.55. The Balaban J connectivity index is 1.70. The molecule has 0 saturated heterocycles. The van der Waals surface area contributed by atoms with Crippen LogP contribution in [0.4, 0.5) is 8.78 Å². The van der Waals surface area contributed by atoms with E-state index in [0.29, 0.717) is 23.5 Å². The number of nitriles is 1. The highest BCUT2D eigenvalue weighted by Gasteiger charge is 2.16. The molecule has 29 heavy (non-hydrogen) atoms. The molecule has 0 radical (unpaired) electrons. The first kappa shape index (κ1) is 18.5. The predicted molar refractivity (Wildman–Crippen MR) is 107 cm³/mol. The van der Waals surface area contributed by atoms with Crippen molar-refractivity contribution in [2.24, 2.45) is 0 Å². The summed E-state index contributed by atoms with van der Waals surface area (Å²) in [6.07, 6.45) is 0.687. The first-order chi connectivity index (χ1) is 14.2. The number of pyridine rings is 2. The lowest BCUT2D eigenvalue weighted by Crippen LogP contribution is -1.98. The summed E-state index contributed by atoms with van der Waals surface area (Å²) in [6, 6.07) is 24.8. The average Bonchev–Trinajstić information content (AvgIpc) is 2.75. The molecule has 140 valence electrons. The normalized spacial score (nSPS) is 10.5. The van der Waals surface area contributed by atoms with Crippen molar-refractivity contribution in [2.75, 3.05) is 0 Å². The molecule has 2 aromatic carbocycles. The molecule has 3 nitrogen and oxygen atoms in total. The molecule has 0 amide bonds. The maximum atomic E-state index is 14.5. The summed E-state index contributed by atoms with van der Waals surface area (Å²) in [7, 11) is 0. The van der Waals surface area contributed by atoms with Crippen molar-refractivity contribution in [3.8, 4) is 28.7 Å². The van der Waals surface area contributed by atoms with Crippen LogP contribution in [0.5, 0.6) is 0 Å². The highest BCUT2D eigenvalue weighted by atomic mass is 19.1. The Morgan fingerprint density at radius 3 is 2.17 bits per heavy atom. The molecule has 0 fully saturated rings. The number of benzene rings is 2. The van der Waals surface area contributed by atoms with E-state index in [9.17, 15) is 8.78 Å². The molecule has 0 N–H and O–H groups in total. The van der Waals surface area contributed by atoms with E-state index in [1.165, 1.54) is 6.07 Å². The minimum atomic E-state index is -0.914. The number of halogens is 2. The van der Waals surface area contributed by atoms with Gasteiger partial charge < -0.3 is 0 Å². The van der Waals surface area contributed by atoms with Gasteiger partial charge in [0.25, 0.3) is 0 Å². The van der Waals surface area contributed by atoms with Crippen LogP contribution in [0.25, 0.3) is 22.6 Å². The fourth-order valence-electron chi connectivity index (χ4n) is 3.11. The maximum Gasteiger partial charge on any atom is 0.153 e. The topological polar surface area (TPSA) is 49.6 Å². The number of nitrogens with zero attached hydrogens (tertiary/aromatic N) is 3. The van der Waals surface area contributed by atoms with E-state index in [-0.39, 0.29) is 5.56 Å². The summed E-state index contributed by atoms with van der Waals surface area (Å²) in [4.78, 5) is 9.17. The first-order valence-corrected chi connectivity index (χ1v) is 9.01. The number of aromatic nitrogens is 2. The van der Waals surface area contributed by atoms with Crippen LogP contribution in [0.3, 0.4) is 0 Å². The van der Waals surface area contributed by atoms with E-state index in [4.69, 9.17) is 5.26 Å². The van der Waals surface area contributed by atoms with Crippen molar-refractivity contribution in [2.45, 2.75) is 6.42 Å². The zero-order chi connectivity index (χ0) is 20.2. The van der Waals surface area contributed by atoms with Crippen LogP contribution in [-0.4, -0.2) is 9.97 Å². The Labute approximate surface area is 166 Å². The van der Waals surface area contributed by atoms with E-state index in [1.807, 2.05) is 48.5 Å². The Morgan fingerprint density at radius 1 is 0.724 bits per heavy atom. The second kappa shape index (κ2) is 7.99. The average molecular weight is 383 g/mol. The Hall–Kier alpha value is -3.91. The lowest BCUT2D eigenvalue weighted by Gasteiger charge is -2.08. The molecule has 0 saturated carbocycles. The summed E-state index contributed by atoms with van der Waals surface area (Å²) >= 11 is 0. The van der Waals surface area contributed by atoms with Gasteiger partial charge in [-0.25, -0.2) is 13.8 Å². The molecule has 2 aromatic heterocycles. The van der Waals surface area contributed by atoms with Gasteiger partial charge in [0, 0.05) is 17.7 Å². The number of hydrogen-bond donors (Lipinski definition) is 0. The molecular weight excluding hydrogens is 368 g/mol. The van der Waals surface area contributed by atoms with Crippen molar-refractivity contribution in [3.63, 3.8) is 0 Å². The van der Waals surface area contributed by atoms with Crippen LogP contribution < -0.4 is 0 Å². The summed E-state index contributed by atoms with van der Waals surface area (Å²) in [5.74, 6) is -1.80. The third kappa shape index (κ3) is 3.87. The largest absolute Gasteiger partial charge is 0.251 e. The van der Waals surface area contributed by atoms with Gasteiger partial charge in [-0.05, 0) is 42.0 Å². The minimum absolute atomic E-state index is 0.0743. The number of hydrogen-bond acceptors (Lipinski definition) is 3. The van der Waals surface area contributed by atoms with Crippen molar-refractivity contribution >= 4 is 0 Å². The Morgan fingerprint density at radius 2 is 1.41 bits per heavy atom. The van der Waals surface area contributed by atoms with Crippen LogP contribution in [0.15, 0.2) is 78.9 Å². The fraction of sp³-hybridized carbons (Fsp3) is 0.0417.